The molecule has 0 fully saturated rings. The van der Waals surface area contributed by atoms with Crippen molar-refractivity contribution in [3.05, 3.63) is 17.8 Å². The molecule has 0 spiro atoms. The first kappa shape index (κ1) is 12.6. The molecule has 0 saturated carbocycles. The van der Waals surface area contributed by atoms with Crippen molar-refractivity contribution in [2.75, 3.05) is 12.3 Å². The summed E-state index contributed by atoms with van der Waals surface area (Å²) in [5.74, 6) is 0.300. The number of hydrogen-bond acceptors (Lipinski definition) is 3. The molecule has 0 atom stereocenters. The highest BCUT2D eigenvalue weighted by Gasteiger charge is 2.26. The summed E-state index contributed by atoms with van der Waals surface area (Å²) >= 11 is 0. The molecule has 1 rings (SSSR count). The number of hydrogen-bond donors (Lipinski definition) is 1. The average molecular weight is 234 g/mol. The van der Waals surface area contributed by atoms with Gasteiger partial charge in [0.05, 0.1) is 18.5 Å². The number of nitrogens with two attached hydrogens (primary N) is 1. The van der Waals surface area contributed by atoms with Crippen LogP contribution in [0.5, 0.6) is 5.88 Å². The number of ether oxygens (including phenoxy) is 1. The zero-order valence-corrected chi connectivity index (χ0v) is 8.84. The topological polar surface area (TPSA) is 48.1 Å². The van der Waals surface area contributed by atoms with E-state index in [9.17, 15) is 13.2 Å². The Kier molecular flexibility index (Phi) is 3.98. The van der Waals surface area contributed by atoms with Crippen molar-refractivity contribution in [2.45, 2.75) is 25.9 Å². The highest BCUT2D eigenvalue weighted by Crippen LogP contribution is 2.21. The van der Waals surface area contributed by atoms with Crippen LogP contribution in [0, 0.1) is 6.92 Å². The van der Waals surface area contributed by atoms with Gasteiger partial charge in [0.15, 0.2) is 0 Å². The zero-order chi connectivity index (χ0) is 12.2. The summed E-state index contributed by atoms with van der Waals surface area (Å²) in [4.78, 5) is 3.84. The van der Waals surface area contributed by atoms with Crippen LogP contribution in [0.3, 0.4) is 0 Å². The summed E-state index contributed by atoms with van der Waals surface area (Å²) in [6, 6.07) is 1.60. The first-order valence-corrected chi connectivity index (χ1v) is 4.80. The molecule has 0 bridgehead atoms. The van der Waals surface area contributed by atoms with Crippen LogP contribution in [0.2, 0.25) is 0 Å². The first-order valence-electron chi connectivity index (χ1n) is 4.80. The Bertz CT molecular complexity index is 352. The van der Waals surface area contributed by atoms with Gasteiger partial charge in [-0.15, -0.1) is 0 Å². The van der Waals surface area contributed by atoms with Crippen LogP contribution in [0.25, 0.3) is 0 Å². The first-order chi connectivity index (χ1) is 7.38. The Hall–Kier alpha value is -1.46. The zero-order valence-electron chi connectivity index (χ0n) is 8.84. The Labute approximate surface area is 91.4 Å². The van der Waals surface area contributed by atoms with Gasteiger partial charge in [0.1, 0.15) is 0 Å². The molecule has 3 nitrogen and oxygen atoms in total. The third-order valence-corrected chi connectivity index (χ3v) is 1.98. The van der Waals surface area contributed by atoms with Crippen LogP contribution < -0.4 is 10.5 Å². The summed E-state index contributed by atoms with van der Waals surface area (Å²) in [5.41, 5.74) is 6.86. The minimum Gasteiger partial charge on any atom is -0.478 e. The molecule has 0 saturated heterocycles. The second-order valence-corrected chi connectivity index (χ2v) is 3.45. The number of rotatable bonds is 4. The summed E-state index contributed by atoms with van der Waals surface area (Å²) in [5, 5.41) is 0. The molecule has 0 aliphatic rings. The van der Waals surface area contributed by atoms with E-state index in [1.165, 1.54) is 6.20 Å². The Morgan fingerprint density at radius 3 is 2.69 bits per heavy atom. The molecular weight excluding hydrogens is 221 g/mol. The van der Waals surface area contributed by atoms with E-state index in [2.05, 4.69) is 4.98 Å². The largest absolute Gasteiger partial charge is 0.478 e. The standard InChI is InChI=1S/C10H13F3N2O/c1-7-5-9(15-6-8(7)14)16-4-2-3-10(11,12)13/h5-6H,2-4,14H2,1H3. The number of nitrogen functional groups attached to an aromatic ring is 1. The van der Waals surface area contributed by atoms with Crippen molar-refractivity contribution < 1.29 is 17.9 Å². The van der Waals surface area contributed by atoms with Crippen LogP contribution in [0.4, 0.5) is 18.9 Å². The van der Waals surface area contributed by atoms with Crippen molar-refractivity contribution in [3.8, 4) is 5.88 Å². The molecular formula is C10H13F3N2O. The van der Waals surface area contributed by atoms with E-state index in [-0.39, 0.29) is 13.0 Å². The number of alkyl halides is 3. The maximum absolute atomic E-state index is 11.8. The molecule has 1 aromatic rings. The van der Waals surface area contributed by atoms with Crippen LogP contribution in [0.1, 0.15) is 18.4 Å². The molecule has 2 N–H and O–H groups in total. The second kappa shape index (κ2) is 5.05. The van der Waals surface area contributed by atoms with Gasteiger partial charge in [0, 0.05) is 12.5 Å². The average Bonchev–Trinajstić information content (AvgIpc) is 2.17. The summed E-state index contributed by atoms with van der Waals surface area (Å²) in [7, 11) is 0. The van der Waals surface area contributed by atoms with Crippen LogP contribution >= 0.6 is 0 Å². The molecule has 90 valence electrons. The van der Waals surface area contributed by atoms with Crippen molar-refractivity contribution in [1.82, 2.24) is 4.98 Å². The number of aromatic nitrogens is 1. The quantitative estimate of drug-likeness (QED) is 0.815. The lowest BCUT2D eigenvalue weighted by Gasteiger charge is -2.08. The highest BCUT2D eigenvalue weighted by atomic mass is 19.4. The minimum atomic E-state index is -4.13. The highest BCUT2D eigenvalue weighted by molar-refractivity contribution is 5.45. The van der Waals surface area contributed by atoms with Gasteiger partial charge < -0.3 is 10.5 Å². The molecule has 0 radical (unpaired) electrons. The number of aryl methyl sites for hydroxylation is 1. The molecule has 0 unspecified atom stereocenters. The van der Waals surface area contributed by atoms with Gasteiger partial charge in [0.2, 0.25) is 5.88 Å². The fraction of sp³-hybridized carbons (Fsp3) is 0.500. The fourth-order valence-electron chi connectivity index (χ4n) is 1.07. The van der Waals surface area contributed by atoms with E-state index in [0.29, 0.717) is 11.6 Å². The molecule has 0 aliphatic carbocycles. The van der Waals surface area contributed by atoms with E-state index >= 15 is 0 Å². The second-order valence-electron chi connectivity index (χ2n) is 3.45. The Balaban J connectivity index is 2.35. The molecule has 0 aromatic carbocycles. The lowest BCUT2D eigenvalue weighted by molar-refractivity contribution is -0.136. The molecule has 1 heterocycles. The molecule has 6 heteroatoms. The predicted octanol–water partition coefficient (Wildman–Crippen LogP) is 2.69. The normalized spacial score (nSPS) is 11.5. The van der Waals surface area contributed by atoms with E-state index < -0.39 is 12.6 Å². The lowest BCUT2D eigenvalue weighted by atomic mass is 10.2. The van der Waals surface area contributed by atoms with E-state index in [1.807, 2.05) is 0 Å². The number of pyridine rings is 1. The summed E-state index contributed by atoms with van der Waals surface area (Å²) in [6.45, 7) is 1.77. The summed E-state index contributed by atoms with van der Waals surface area (Å²) < 4.78 is 40.5. The Morgan fingerprint density at radius 1 is 1.44 bits per heavy atom. The van der Waals surface area contributed by atoms with Gasteiger partial charge >= 0.3 is 6.18 Å². The van der Waals surface area contributed by atoms with Crippen molar-refractivity contribution in [1.29, 1.82) is 0 Å². The van der Waals surface area contributed by atoms with Gasteiger partial charge in [-0.1, -0.05) is 0 Å². The Morgan fingerprint density at radius 2 is 2.12 bits per heavy atom. The molecule has 0 aliphatic heterocycles. The lowest BCUT2D eigenvalue weighted by Crippen LogP contribution is -2.10. The molecule has 1 aromatic heterocycles. The van der Waals surface area contributed by atoms with Gasteiger partial charge in [-0.2, -0.15) is 13.2 Å². The van der Waals surface area contributed by atoms with Crippen molar-refractivity contribution >= 4 is 5.69 Å². The molecule has 0 amide bonds. The monoisotopic (exact) mass is 234 g/mol. The number of halogens is 3. The minimum absolute atomic E-state index is 0.00410. The third kappa shape index (κ3) is 4.37. The maximum atomic E-state index is 11.8. The van der Waals surface area contributed by atoms with Gasteiger partial charge in [-0.3, -0.25) is 0 Å². The van der Waals surface area contributed by atoms with E-state index in [1.54, 1.807) is 13.0 Å². The SMILES string of the molecule is Cc1cc(OCCCC(F)(F)F)ncc1N. The maximum Gasteiger partial charge on any atom is 0.389 e. The smallest absolute Gasteiger partial charge is 0.389 e. The van der Waals surface area contributed by atoms with E-state index in [0.717, 1.165) is 5.56 Å². The fourth-order valence-corrected chi connectivity index (χ4v) is 1.07. The van der Waals surface area contributed by atoms with Crippen LogP contribution in [-0.2, 0) is 0 Å². The van der Waals surface area contributed by atoms with Crippen LogP contribution in [-0.4, -0.2) is 17.8 Å². The van der Waals surface area contributed by atoms with E-state index in [4.69, 9.17) is 10.5 Å². The van der Waals surface area contributed by atoms with Crippen LogP contribution in [0.15, 0.2) is 12.3 Å². The predicted molar refractivity (Wildman–Crippen MR) is 54.2 cm³/mol. The summed E-state index contributed by atoms with van der Waals surface area (Å²) in [6.07, 6.45) is -3.63. The number of nitrogens with zero attached hydrogens (tertiary/aromatic N) is 1. The van der Waals surface area contributed by atoms with Gasteiger partial charge in [-0.05, 0) is 18.9 Å². The number of anilines is 1. The molecule has 16 heavy (non-hydrogen) atoms. The van der Waals surface area contributed by atoms with Crippen molar-refractivity contribution in [3.63, 3.8) is 0 Å². The van der Waals surface area contributed by atoms with Gasteiger partial charge in [0.25, 0.3) is 0 Å². The van der Waals surface area contributed by atoms with Gasteiger partial charge in [-0.25, -0.2) is 4.98 Å². The third-order valence-electron chi connectivity index (χ3n) is 1.98. The van der Waals surface area contributed by atoms with Crippen molar-refractivity contribution in [2.24, 2.45) is 0 Å².